The summed E-state index contributed by atoms with van der Waals surface area (Å²) in [6.07, 6.45) is 0.521. The summed E-state index contributed by atoms with van der Waals surface area (Å²) in [5.41, 5.74) is 0.527. The second-order valence-electron chi connectivity index (χ2n) is 4.72. The smallest absolute Gasteiger partial charge is 0.252 e. The molecular weight excluding hydrogens is 332 g/mol. The van der Waals surface area contributed by atoms with Gasteiger partial charge in [0.2, 0.25) is 5.13 Å². The third-order valence-corrected chi connectivity index (χ3v) is 3.84. The third-order valence-electron chi connectivity index (χ3n) is 2.94. The first-order valence-electron chi connectivity index (χ1n) is 7.16. The molecule has 128 valence electrons. The summed E-state index contributed by atoms with van der Waals surface area (Å²) in [7, 11) is 2.99. The molecule has 0 radical (unpaired) electrons. The Morgan fingerprint density at radius 3 is 2.83 bits per heavy atom. The van der Waals surface area contributed by atoms with Crippen molar-refractivity contribution >= 4 is 28.3 Å². The Bertz CT molecular complexity index is 704. The Morgan fingerprint density at radius 1 is 1.25 bits per heavy atom. The topological polar surface area (TPSA) is 102 Å². The van der Waals surface area contributed by atoms with Gasteiger partial charge >= 0.3 is 0 Å². The fourth-order valence-electron chi connectivity index (χ4n) is 1.84. The summed E-state index contributed by atoms with van der Waals surface area (Å²) >= 11 is 1.26. The van der Waals surface area contributed by atoms with Crippen LogP contribution >= 0.6 is 11.3 Å². The number of hydrogen-bond donors (Lipinski definition) is 2. The first-order chi connectivity index (χ1) is 11.6. The van der Waals surface area contributed by atoms with E-state index in [2.05, 4.69) is 20.8 Å². The zero-order valence-electron chi connectivity index (χ0n) is 13.4. The lowest BCUT2D eigenvalue weighted by Crippen LogP contribution is -2.25. The molecule has 1 heterocycles. The lowest BCUT2D eigenvalue weighted by Gasteiger charge is -2.05. The minimum absolute atomic E-state index is 0.0362. The predicted molar refractivity (Wildman–Crippen MR) is 89.4 cm³/mol. The first-order valence-corrected chi connectivity index (χ1v) is 7.97. The van der Waals surface area contributed by atoms with Gasteiger partial charge < -0.3 is 14.8 Å². The average Bonchev–Trinajstić information content (AvgIpc) is 3.02. The number of aromatic nitrogens is 2. The van der Waals surface area contributed by atoms with Crippen LogP contribution in [0.1, 0.15) is 15.4 Å². The molecule has 2 aromatic rings. The number of hydrogen-bond acceptors (Lipinski definition) is 7. The number of nitrogens with one attached hydrogen (secondary N) is 2. The van der Waals surface area contributed by atoms with E-state index in [4.69, 9.17) is 9.47 Å². The maximum absolute atomic E-state index is 12.1. The first kappa shape index (κ1) is 17.8. The van der Waals surface area contributed by atoms with Crippen molar-refractivity contribution in [3.63, 3.8) is 0 Å². The molecule has 1 aromatic carbocycles. The highest BCUT2D eigenvalue weighted by molar-refractivity contribution is 7.15. The van der Waals surface area contributed by atoms with Crippen molar-refractivity contribution in [1.29, 1.82) is 0 Å². The van der Waals surface area contributed by atoms with Gasteiger partial charge in [-0.1, -0.05) is 17.4 Å². The zero-order valence-corrected chi connectivity index (χ0v) is 14.2. The molecular formula is C15H18N4O4S. The predicted octanol–water partition coefficient (Wildman–Crippen LogP) is 1.10. The summed E-state index contributed by atoms with van der Waals surface area (Å²) in [5, 5.41) is 14.3. The maximum atomic E-state index is 12.1. The van der Waals surface area contributed by atoms with E-state index in [1.807, 2.05) is 0 Å². The van der Waals surface area contributed by atoms with Crippen LogP contribution in [0.3, 0.4) is 0 Å². The lowest BCUT2D eigenvalue weighted by molar-refractivity contribution is -0.119. The number of ether oxygens (including phenoxy) is 2. The second kappa shape index (κ2) is 8.94. The molecule has 9 heteroatoms. The van der Waals surface area contributed by atoms with Gasteiger partial charge in [-0.05, 0) is 18.2 Å². The molecule has 0 saturated heterocycles. The quantitative estimate of drug-likeness (QED) is 0.739. The Morgan fingerprint density at radius 2 is 2.08 bits per heavy atom. The van der Waals surface area contributed by atoms with Crippen LogP contribution in [0.15, 0.2) is 24.3 Å². The van der Waals surface area contributed by atoms with Crippen LogP contribution in [0.4, 0.5) is 5.13 Å². The van der Waals surface area contributed by atoms with E-state index >= 15 is 0 Å². The molecule has 2 amide bonds. The van der Waals surface area contributed by atoms with Gasteiger partial charge in [0, 0.05) is 25.6 Å². The van der Waals surface area contributed by atoms with Crippen LogP contribution in [0.2, 0.25) is 0 Å². The van der Waals surface area contributed by atoms with E-state index in [0.29, 0.717) is 34.4 Å². The van der Waals surface area contributed by atoms with Gasteiger partial charge in [0.05, 0.1) is 7.11 Å². The molecule has 2 rings (SSSR count). The van der Waals surface area contributed by atoms with Crippen molar-refractivity contribution in [3.05, 3.63) is 34.8 Å². The van der Waals surface area contributed by atoms with Gasteiger partial charge in [0.25, 0.3) is 11.8 Å². The summed E-state index contributed by atoms with van der Waals surface area (Å²) < 4.78 is 9.81. The standard InChI is InChI=1S/C15H18N4O4S/c1-22-9-12(20)17-15-19-18-13(24-15)6-7-16-14(21)10-4-3-5-11(8-10)23-2/h3-5,8H,6-7,9H2,1-2H3,(H,16,21)(H,17,19,20). The number of anilines is 1. The molecule has 0 bridgehead atoms. The Hall–Kier alpha value is -2.52. The minimum atomic E-state index is -0.286. The third kappa shape index (κ3) is 5.28. The number of amides is 2. The Kier molecular flexibility index (Phi) is 6.64. The lowest BCUT2D eigenvalue weighted by atomic mass is 10.2. The van der Waals surface area contributed by atoms with Crippen molar-refractivity contribution in [2.24, 2.45) is 0 Å². The highest BCUT2D eigenvalue weighted by Gasteiger charge is 2.09. The molecule has 0 aliphatic heterocycles. The van der Waals surface area contributed by atoms with Crippen molar-refractivity contribution in [1.82, 2.24) is 15.5 Å². The highest BCUT2D eigenvalue weighted by atomic mass is 32.1. The second-order valence-corrected chi connectivity index (χ2v) is 5.78. The summed E-state index contributed by atoms with van der Waals surface area (Å²) in [5.74, 6) is 0.154. The zero-order chi connectivity index (χ0) is 17.4. The van der Waals surface area contributed by atoms with E-state index in [9.17, 15) is 9.59 Å². The number of carbonyl (C=O) groups is 2. The summed E-state index contributed by atoms with van der Waals surface area (Å²) in [6, 6.07) is 6.92. The largest absolute Gasteiger partial charge is 0.497 e. The summed E-state index contributed by atoms with van der Waals surface area (Å²) in [6.45, 7) is 0.377. The Labute approximate surface area is 143 Å². The van der Waals surface area contributed by atoms with Crippen molar-refractivity contribution < 1.29 is 19.1 Å². The van der Waals surface area contributed by atoms with E-state index in [-0.39, 0.29) is 18.4 Å². The highest BCUT2D eigenvalue weighted by Crippen LogP contribution is 2.15. The van der Waals surface area contributed by atoms with Gasteiger partial charge in [-0.2, -0.15) is 0 Å². The number of nitrogens with zero attached hydrogens (tertiary/aromatic N) is 2. The number of benzene rings is 1. The van der Waals surface area contributed by atoms with Gasteiger partial charge in [-0.3, -0.25) is 14.9 Å². The van der Waals surface area contributed by atoms with Gasteiger partial charge in [-0.25, -0.2) is 0 Å². The van der Waals surface area contributed by atoms with E-state index in [0.717, 1.165) is 0 Å². The number of carbonyl (C=O) groups excluding carboxylic acids is 2. The molecule has 0 aliphatic carbocycles. The SMILES string of the molecule is COCC(=O)Nc1nnc(CCNC(=O)c2cccc(OC)c2)s1. The molecule has 2 N–H and O–H groups in total. The Balaban J connectivity index is 1.80. The monoisotopic (exact) mass is 350 g/mol. The normalized spacial score (nSPS) is 10.2. The van der Waals surface area contributed by atoms with Crippen molar-refractivity contribution in [3.8, 4) is 5.75 Å². The molecule has 0 atom stereocenters. The van der Waals surface area contributed by atoms with Crippen molar-refractivity contribution in [2.45, 2.75) is 6.42 Å². The van der Waals surface area contributed by atoms with Gasteiger partial charge in [0.1, 0.15) is 17.4 Å². The van der Waals surface area contributed by atoms with Gasteiger partial charge in [-0.15, -0.1) is 10.2 Å². The molecule has 0 unspecified atom stereocenters. The van der Waals surface area contributed by atoms with Crippen LogP contribution in [0, 0.1) is 0 Å². The fraction of sp³-hybridized carbons (Fsp3) is 0.333. The number of rotatable bonds is 8. The van der Waals surface area contributed by atoms with Crippen LogP contribution < -0.4 is 15.4 Å². The molecule has 0 spiro atoms. The minimum Gasteiger partial charge on any atom is -0.497 e. The molecule has 0 saturated carbocycles. The van der Waals surface area contributed by atoms with Crippen LogP contribution in [0.25, 0.3) is 0 Å². The molecule has 1 aromatic heterocycles. The fourth-order valence-corrected chi connectivity index (χ4v) is 2.60. The number of methoxy groups -OCH3 is 2. The van der Waals surface area contributed by atoms with E-state index in [1.54, 1.807) is 31.4 Å². The molecule has 0 aliphatic rings. The van der Waals surface area contributed by atoms with E-state index in [1.165, 1.54) is 18.4 Å². The molecule has 0 fully saturated rings. The van der Waals surface area contributed by atoms with Crippen LogP contribution in [-0.2, 0) is 16.0 Å². The van der Waals surface area contributed by atoms with E-state index < -0.39 is 0 Å². The molecule has 8 nitrogen and oxygen atoms in total. The average molecular weight is 350 g/mol. The van der Waals surface area contributed by atoms with Gasteiger partial charge in [0.15, 0.2) is 0 Å². The summed E-state index contributed by atoms with van der Waals surface area (Å²) in [4.78, 5) is 23.4. The van der Waals surface area contributed by atoms with Crippen molar-refractivity contribution in [2.75, 3.05) is 32.7 Å². The molecule has 24 heavy (non-hydrogen) atoms. The van der Waals surface area contributed by atoms with Crippen LogP contribution in [-0.4, -0.2) is 49.4 Å². The maximum Gasteiger partial charge on any atom is 0.252 e. The van der Waals surface area contributed by atoms with Crippen LogP contribution in [0.5, 0.6) is 5.75 Å².